The minimum absolute atomic E-state index is 0.111. The Morgan fingerprint density at radius 3 is 2.62 bits per heavy atom. The third kappa shape index (κ3) is 2.89. The molecular weight excluding hydrogens is 327 g/mol. The van der Waals surface area contributed by atoms with E-state index in [0.717, 1.165) is 5.06 Å². The molecule has 0 saturated heterocycles. The molecule has 6 nitrogen and oxygen atoms in total. The van der Waals surface area contributed by atoms with E-state index in [1.54, 1.807) is 6.07 Å². The van der Waals surface area contributed by atoms with Crippen LogP contribution in [0, 0.1) is 13.7 Å². The Bertz CT molecular complexity index is 436. The van der Waals surface area contributed by atoms with E-state index < -0.39 is 10.8 Å². The standard InChI is InChI=1S/C9H9IN2O4/c1-11(16-2)9(13)6-3-7(10)5-8(4-6)12(14)15/h3-5H,1-2H3. The molecule has 0 aliphatic rings. The number of hydrogen-bond donors (Lipinski definition) is 0. The van der Waals surface area contributed by atoms with Crippen molar-refractivity contribution in [2.24, 2.45) is 0 Å². The molecule has 0 bridgehead atoms. The fourth-order valence-corrected chi connectivity index (χ4v) is 1.72. The van der Waals surface area contributed by atoms with Gasteiger partial charge in [-0.25, -0.2) is 5.06 Å². The van der Waals surface area contributed by atoms with Crippen molar-refractivity contribution >= 4 is 34.2 Å². The van der Waals surface area contributed by atoms with E-state index in [9.17, 15) is 14.9 Å². The molecule has 0 saturated carbocycles. The molecule has 0 aromatic heterocycles. The molecule has 0 spiro atoms. The summed E-state index contributed by atoms with van der Waals surface area (Å²) < 4.78 is 0.625. The number of non-ortho nitro benzene ring substituents is 1. The van der Waals surface area contributed by atoms with Crippen LogP contribution in [0.3, 0.4) is 0 Å². The predicted octanol–water partition coefficient (Wildman–Crippen LogP) is 1.83. The average Bonchev–Trinajstić information content (AvgIpc) is 2.26. The van der Waals surface area contributed by atoms with Crippen molar-refractivity contribution in [1.82, 2.24) is 5.06 Å². The molecule has 0 atom stereocenters. The maximum atomic E-state index is 11.7. The largest absolute Gasteiger partial charge is 0.277 e. The summed E-state index contributed by atoms with van der Waals surface area (Å²) in [6.45, 7) is 0. The second-order valence-corrected chi connectivity index (χ2v) is 4.19. The zero-order valence-corrected chi connectivity index (χ0v) is 10.8. The molecule has 1 amide bonds. The van der Waals surface area contributed by atoms with Gasteiger partial charge in [-0.3, -0.25) is 19.7 Å². The van der Waals surface area contributed by atoms with Crippen molar-refractivity contribution < 1.29 is 14.6 Å². The minimum Gasteiger partial charge on any atom is -0.274 e. The molecular formula is C9H9IN2O4. The molecule has 16 heavy (non-hydrogen) atoms. The number of carbonyl (C=O) groups is 1. The predicted molar refractivity (Wildman–Crippen MR) is 64.9 cm³/mol. The lowest BCUT2D eigenvalue weighted by Crippen LogP contribution is -2.25. The van der Waals surface area contributed by atoms with Crippen LogP contribution in [0.4, 0.5) is 5.69 Å². The van der Waals surface area contributed by atoms with Gasteiger partial charge in [0.2, 0.25) is 0 Å². The number of amides is 1. The van der Waals surface area contributed by atoms with Crippen LogP contribution in [0.1, 0.15) is 10.4 Å². The van der Waals surface area contributed by atoms with Crippen LogP contribution in [-0.4, -0.2) is 30.1 Å². The lowest BCUT2D eigenvalue weighted by Gasteiger charge is -2.13. The molecule has 1 aromatic carbocycles. The maximum Gasteiger partial charge on any atom is 0.277 e. The van der Waals surface area contributed by atoms with Crippen LogP contribution in [-0.2, 0) is 4.84 Å². The highest BCUT2D eigenvalue weighted by molar-refractivity contribution is 14.1. The zero-order valence-electron chi connectivity index (χ0n) is 8.64. The van der Waals surface area contributed by atoms with Crippen molar-refractivity contribution in [2.45, 2.75) is 0 Å². The molecule has 0 N–H and O–H groups in total. The van der Waals surface area contributed by atoms with Crippen LogP contribution in [0.2, 0.25) is 0 Å². The number of hydroxylamine groups is 2. The molecule has 1 rings (SSSR count). The molecule has 0 fully saturated rings. The average molecular weight is 336 g/mol. The molecule has 0 aliphatic carbocycles. The normalized spacial score (nSPS) is 9.94. The zero-order chi connectivity index (χ0) is 12.3. The number of nitrogens with zero attached hydrogens (tertiary/aromatic N) is 2. The van der Waals surface area contributed by atoms with Crippen molar-refractivity contribution in [3.63, 3.8) is 0 Å². The van der Waals surface area contributed by atoms with Crippen LogP contribution in [0.25, 0.3) is 0 Å². The quantitative estimate of drug-likeness (QED) is 0.480. The molecule has 1 aromatic rings. The Morgan fingerprint density at radius 1 is 1.50 bits per heavy atom. The van der Waals surface area contributed by atoms with E-state index in [2.05, 4.69) is 0 Å². The molecule has 86 valence electrons. The second kappa shape index (κ2) is 5.21. The SMILES string of the molecule is CON(C)C(=O)c1cc(I)cc([N+](=O)[O-])c1. The lowest BCUT2D eigenvalue weighted by molar-refractivity contribution is -0.385. The Labute approximate surface area is 105 Å². The van der Waals surface area contributed by atoms with E-state index in [-0.39, 0.29) is 11.3 Å². The Kier molecular flexibility index (Phi) is 4.19. The molecule has 0 unspecified atom stereocenters. The summed E-state index contributed by atoms with van der Waals surface area (Å²) in [6, 6.07) is 4.18. The summed E-state index contributed by atoms with van der Waals surface area (Å²) in [4.78, 5) is 26.5. The summed E-state index contributed by atoms with van der Waals surface area (Å²) in [5.41, 5.74) is 0.114. The topological polar surface area (TPSA) is 72.7 Å². The van der Waals surface area contributed by atoms with Gasteiger partial charge in [0.05, 0.1) is 12.0 Å². The van der Waals surface area contributed by atoms with Gasteiger partial charge in [0.1, 0.15) is 0 Å². The highest BCUT2D eigenvalue weighted by Crippen LogP contribution is 2.19. The first-order valence-corrected chi connectivity index (χ1v) is 5.30. The minimum atomic E-state index is -0.536. The van der Waals surface area contributed by atoms with Crippen molar-refractivity contribution in [3.8, 4) is 0 Å². The van der Waals surface area contributed by atoms with Crippen molar-refractivity contribution in [3.05, 3.63) is 37.4 Å². The smallest absolute Gasteiger partial charge is 0.274 e. The van der Waals surface area contributed by atoms with Crippen molar-refractivity contribution in [1.29, 1.82) is 0 Å². The first-order valence-electron chi connectivity index (χ1n) is 4.23. The Morgan fingerprint density at radius 2 is 2.12 bits per heavy atom. The summed E-state index contributed by atoms with van der Waals surface area (Å²) in [5.74, 6) is -0.427. The van der Waals surface area contributed by atoms with Gasteiger partial charge in [-0.2, -0.15) is 0 Å². The van der Waals surface area contributed by atoms with Gasteiger partial charge < -0.3 is 0 Å². The van der Waals surface area contributed by atoms with Gasteiger partial charge in [-0.15, -0.1) is 0 Å². The first-order chi connectivity index (χ1) is 7.45. The van der Waals surface area contributed by atoms with Crippen molar-refractivity contribution in [2.75, 3.05) is 14.2 Å². The molecule has 0 aliphatic heterocycles. The summed E-state index contributed by atoms with van der Waals surface area (Å²) in [7, 11) is 2.79. The monoisotopic (exact) mass is 336 g/mol. The molecule has 0 radical (unpaired) electrons. The van der Waals surface area contributed by atoms with Crippen LogP contribution < -0.4 is 0 Å². The Balaban J connectivity index is 3.14. The first kappa shape index (κ1) is 12.8. The fraction of sp³-hybridized carbons (Fsp3) is 0.222. The number of benzene rings is 1. The summed E-state index contributed by atoms with van der Waals surface area (Å²) in [6.07, 6.45) is 0. The third-order valence-corrected chi connectivity index (χ3v) is 2.52. The highest BCUT2D eigenvalue weighted by atomic mass is 127. The van der Waals surface area contributed by atoms with Crippen LogP contribution in [0.15, 0.2) is 18.2 Å². The summed E-state index contributed by atoms with van der Waals surface area (Å²) >= 11 is 1.92. The van der Waals surface area contributed by atoms with Gasteiger partial charge in [0, 0.05) is 28.3 Å². The van der Waals surface area contributed by atoms with Gasteiger partial charge in [-0.1, -0.05) is 0 Å². The lowest BCUT2D eigenvalue weighted by atomic mass is 10.2. The Hall–Kier alpha value is -1.22. The third-order valence-electron chi connectivity index (χ3n) is 1.90. The number of nitro benzene ring substituents is 1. The number of halogens is 1. The van der Waals surface area contributed by atoms with E-state index in [1.807, 2.05) is 22.6 Å². The van der Waals surface area contributed by atoms with E-state index >= 15 is 0 Å². The number of rotatable bonds is 3. The number of nitro groups is 1. The molecule has 0 heterocycles. The summed E-state index contributed by atoms with van der Waals surface area (Å²) in [5, 5.41) is 11.6. The van der Waals surface area contributed by atoms with E-state index in [1.165, 1.54) is 26.3 Å². The van der Waals surface area contributed by atoms with Gasteiger partial charge >= 0.3 is 0 Å². The van der Waals surface area contributed by atoms with Crippen LogP contribution in [0.5, 0.6) is 0 Å². The van der Waals surface area contributed by atoms with Gasteiger partial charge in [-0.05, 0) is 28.7 Å². The van der Waals surface area contributed by atoms with Crippen LogP contribution >= 0.6 is 22.6 Å². The molecule has 7 heteroatoms. The van der Waals surface area contributed by atoms with Gasteiger partial charge in [0.15, 0.2) is 0 Å². The highest BCUT2D eigenvalue weighted by Gasteiger charge is 2.16. The fourth-order valence-electron chi connectivity index (χ4n) is 1.07. The van der Waals surface area contributed by atoms with E-state index in [4.69, 9.17) is 4.84 Å². The number of carbonyl (C=O) groups excluding carboxylic acids is 1. The number of hydrogen-bond acceptors (Lipinski definition) is 4. The van der Waals surface area contributed by atoms with Gasteiger partial charge in [0.25, 0.3) is 11.6 Å². The maximum absolute atomic E-state index is 11.7. The second-order valence-electron chi connectivity index (χ2n) is 2.94. The van der Waals surface area contributed by atoms with E-state index in [0.29, 0.717) is 3.57 Å².